The molecule has 1 fully saturated rings. The van der Waals surface area contributed by atoms with Crippen molar-refractivity contribution in [1.29, 1.82) is 0 Å². The van der Waals surface area contributed by atoms with E-state index in [9.17, 15) is 9.90 Å². The number of hydrogen-bond acceptors (Lipinski definition) is 4. The molecule has 0 bridgehead atoms. The van der Waals surface area contributed by atoms with Gasteiger partial charge < -0.3 is 16.2 Å². The van der Waals surface area contributed by atoms with Crippen LogP contribution in [0.15, 0.2) is 6.20 Å². The molecule has 6 nitrogen and oxygen atoms in total. The summed E-state index contributed by atoms with van der Waals surface area (Å²) < 4.78 is 1.50. The molecule has 0 radical (unpaired) electrons. The molecule has 1 heterocycles. The summed E-state index contributed by atoms with van der Waals surface area (Å²) in [5.41, 5.74) is 6.26. The minimum Gasteiger partial charge on any atom is -0.396 e. The highest BCUT2D eigenvalue weighted by Gasteiger charge is 2.26. The fraction of sp³-hybridized carbons (Fsp3) is 0.636. The molecular formula is C11H18N4O2. The van der Waals surface area contributed by atoms with Crippen LogP contribution in [-0.2, 0) is 7.05 Å². The van der Waals surface area contributed by atoms with E-state index < -0.39 is 6.10 Å². The van der Waals surface area contributed by atoms with E-state index in [1.807, 2.05) is 0 Å². The number of nitrogens with two attached hydrogens (primary N) is 1. The fourth-order valence-corrected chi connectivity index (χ4v) is 2.20. The van der Waals surface area contributed by atoms with Crippen molar-refractivity contribution in [3.63, 3.8) is 0 Å². The lowest BCUT2D eigenvalue weighted by atomic mass is 9.92. The van der Waals surface area contributed by atoms with Gasteiger partial charge in [-0.3, -0.25) is 9.48 Å². The quantitative estimate of drug-likeness (QED) is 0.678. The van der Waals surface area contributed by atoms with Crippen molar-refractivity contribution in [2.75, 3.05) is 5.73 Å². The van der Waals surface area contributed by atoms with Gasteiger partial charge in [-0.05, 0) is 12.8 Å². The first-order valence-corrected chi connectivity index (χ1v) is 5.86. The number of anilines is 1. The van der Waals surface area contributed by atoms with E-state index in [0.29, 0.717) is 5.69 Å². The summed E-state index contributed by atoms with van der Waals surface area (Å²) in [6, 6.07) is -0.183. The minimum atomic E-state index is -0.461. The number of carbonyl (C=O) groups excluding carboxylic acids is 1. The Kier molecular flexibility index (Phi) is 3.33. The number of nitrogens with zero attached hydrogens (tertiary/aromatic N) is 2. The van der Waals surface area contributed by atoms with Crippen LogP contribution in [0.25, 0.3) is 0 Å². The molecule has 1 aromatic heterocycles. The highest BCUT2D eigenvalue weighted by Crippen LogP contribution is 2.19. The van der Waals surface area contributed by atoms with Crippen LogP contribution in [0.2, 0.25) is 0 Å². The summed E-state index contributed by atoms with van der Waals surface area (Å²) in [7, 11) is 1.71. The van der Waals surface area contributed by atoms with Gasteiger partial charge in [0.2, 0.25) is 0 Å². The zero-order valence-corrected chi connectivity index (χ0v) is 9.89. The molecule has 2 rings (SSSR count). The third kappa shape index (κ3) is 2.58. The Morgan fingerprint density at radius 2 is 2.29 bits per heavy atom. The molecule has 4 N–H and O–H groups in total. The van der Waals surface area contributed by atoms with Crippen LogP contribution in [0, 0.1) is 0 Å². The topological polar surface area (TPSA) is 93.2 Å². The van der Waals surface area contributed by atoms with E-state index in [1.54, 1.807) is 13.2 Å². The summed E-state index contributed by atoms with van der Waals surface area (Å²) >= 11 is 0. The summed E-state index contributed by atoms with van der Waals surface area (Å²) in [5.74, 6) is -0.311. The third-order valence-electron chi connectivity index (χ3n) is 3.12. The van der Waals surface area contributed by atoms with Crippen LogP contribution >= 0.6 is 0 Å². The molecule has 0 aliphatic heterocycles. The van der Waals surface area contributed by atoms with Crippen LogP contribution in [0.3, 0.4) is 0 Å². The molecule has 6 heteroatoms. The maximum Gasteiger partial charge on any atom is 0.274 e. The number of nitrogens with one attached hydrogen (secondary N) is 1. The Labute approximate surface area is 99.8 Å². The van der Waals surface area contributed by atoms with Crippen LogP contribution in [0.1, 0.15) is 36.2 Å². The predicted octanol–water partition coefficient (Wildman–Crippen LogP) is 0.0356. The van der Waals surface area contributed by atoms with Crippen LogP contribution < -0.4 is 11.1 Å². The molecule has 1 amide bonds. The summed E-state index contributed by atoms with van der Waals surface area (Å²) in [4.78, 5) is 11.9. The van der Waals surface area contributed by atoms with Crippen molar-refractivity contribution < 1.29 is 9.90 Å². The van der Waals surface area contributed by atoms with E-state index in [2.05, 4.69) is 10.4 Å². The molecule has 17 heavy (non-hydrogen) atoms. The van der Waals surface area contributed by atoms with Gasteiger partial charge in [0.15, 0.2) is 5.69 Å². The van der Waals surface area contributed by atoms with Gasteiger partial charge in [-0.2, -0.15) is 5.10 Å². The lowest BCUT2D eigenvalue weighted by molar-refractivity contribution is 0.0714. The van der Waals surface area contributed by atoms with Crippen molar-refractivity contribution in [2.24, 2.45) is 7.05 Å². The van der Waals surface area contributed by atoms with Crippen molar-refractivity contribution in [3.05, 3.63) is 11.9 Å². The zero-order valence-electron chi connectivity index (χ0n) is 9.89. The summed E-state index contributed by atoms with van der Waals surface area (Å²) in [6.45, 7) is 0. The lowest BCUT2D eigenvalue weighted by Gasteiger charge is -2.28. The van der Waals surface area contributed by atoms with E-state index in [4.69, 9.17) is 5.73 Å². The van der Waals surface area contributed by atoms with Crippen molar-refractivity contribution in [2.45, 2.75) is 37.8 Å². The van der Waals surface area contributed by atoms with Crippen LogP contribution in [0.4, 0.5) is 5.69 Å². The van der Waals surface area contributed by atoms with Gasteiger partial charge in [0, 0.05) is 13.2 Å². The van der Waals surface area contributed by atoms with Crippen molar-refractivity contribution >= 4 is 11.6 Å². The number of nitrogen functional groups attached to an aromatic ring is 1. The van der Waals surface area contributed by atoms with Crippen LogP contribution in [-0.4, -0.2) is 32.9 Å². The maximum atomic E-state index is 11.9. The molecule has 0 spiro atoms. The Morgan fingerprint density at radius 3 is 2.88 bits per heavy atom. The van der Waals surface area contributed by atoms with Gasteiger partial charge in [0.1, 0.15) is 0 Å². The first-order valence-electron chi connectivity index (χ1n) is 5.86. The highest BCUT2D eigenvalue weighted by atomic mass is 16.3. The van der Waals surface area contributed by atoms with Gasteiger partial charge in [0.05, 0.1) is 17.8 Å². The number of aliphatic hydroxyl groups is 1. The van der Waals surface area contributed by atoms with E-state index >= 15 is 0 Å². The third-order valence-corrected chi connectivity index (χ3v) is 3.12. The average Bonchev–Trinajstić information content (AvgIpc) is 2.61. The number of hydrogen-bond donors (Lipinski definition) is 3. The second-order valence-electron chi connectivity index (χ2n) is 4.54. The largest absolute Gasteiger partial charge is 0.396 e. The lowest BCUT2D eigenvalue weighted by Crippen LogP contribution is -2.45. The smallest absolute Gasteiger partial charge is 0.274 e. The van der Waals surface area contributed by atoms with Crippen molar-refractivity contribution in [1.82, 2.24) is 15.1 Å². The number of amides is 1. The molecule has 1 aromatic rings. The molecule has 0 aromatic carbocycles. The van der Waals surface area contributed by atoms with Gasteiger partial charge in [0.25, 0.3) is 5.91 Å². The predicted molar refractivity (Wildman–Crippen MR) is 63.3 cm³/mol. The Bertz CT molecular complexity index is 416. The average molecular weight is 238 g/mol. The second kappa shape index (κ2) is 4.75. The Hall–Kier alpha value is -1.56. The first-order chi connectivity index (χ1) is 8.08. The standard InChI is InChI=1S/C11H18N4O2/c1-15-6-7(12)10(14-15)11(17)13-8-4-2-3-5-9(8)16/h6,8-9,16H,2-5,12H2,1H3,(H,13,17). The molecule has 1 aliphatic carbocycles. The van der Waals surface area contributed by atoms with Gasteiger partial charge in [-0.1, -0.05) is 12.8 Å². The second-order valence-corrected chi connectivity index (χ2v) is 4.54. The van der Waals surface area contributed by atoms with E-state index in [-0.39, 0.29) is 17.6 Å². The van der Waals surface area contributed by atoms with Gasteiger partial charge in [-0.15, -0.1) is 0 Å². The number of aliphatic hydroxyl groups excluding tert-OH is 1. The van der Waals surface area contributed by atoms with Crippen LogP contribution in [0.5, 0.6) is 0 Å². The van der Waals surface area contributed by atoms with Gasteiger partial charge >= 0.3 is 0 Å². The van der Waals surface area contributed by atoms with Gasteiger partial charge in [-0.25, -0.2) is 0 Å². The minimum absolute atomic E-state index is 0.183. The number of aryl methyl sites for hydroxylation is 1. The molecule has 2 unspecified atom stereocenters. The Morgan fingerprint density at radius 1 is 1.59 bits per heavy atom. The summed E-state index contributed by atoms with van der Waals surface area (Å²) in [6.07, 6.45) is 4.71. The molecule has 2 atom stereocenters. The fourth-order valence-electron chi connectivity index (χ4n) is 2.20. The number of aromatic nitrogens is 2. The maximum absolute atomic E-state index is 11.9. The summed E-state index contributed by atoms with van der Waals surface area (Å²) in [5, 5.41) is 16.6. The zero-order chi connectivity index (χ0) is 12.4. The number of rotatable bonds is 2. The normalized spacial score (nSPS) is 24.6. The highest BCUT2D eigenvalue weighted by molar-refractivity contribution is 5.97. The molecule has 0 saturated heterocycles. The molecule has 94 valence electrons. The molecular weight excluding hydrogens is 220 g/mol. The molecule has 1 aliphatic rings. The first kappa shape index (κ1) is 11.9. The van der Waals surface area contributed by atoms with E-state index in [0.717, 1.165) is 25.7 Å². The monoisotopic (exact) mass is 238 g/mol. The number of carbonyl (C=O) groups is 1. The van der Waals surface area contributed by atoms with E-state index in [1.165, 1.54) is 4.68 Å². The molecule has 1 saturated carbocycles. The SMILES string of the molecule is Cn1cc(N)c(C(=O)NC2CCCCC2O)n1. The van der Waals surface area contributed by atoms with Crippen molar-refractivity contribution in [3.8, 4) is 0 Å². The Balaban J connectivity index is 2.03.